The molecule has 0 fully saturated rings. The topological polar surface area (TPSA) is 112 Å². The monoisotopic (exact) mass is 488 g/mol. The Bertz CT molecular complexity index is 1150. The third-order valence-electron chi connectivity index (χ3n) is 4.53. The number of esters is 2. The van der Waals surface area contributed by atoms with E-state index in [1.54, 1.807) is 12.1 Å². The number of benzene rings is 2. The quantitative estimate of drug-likeness (QED) is 0.375. The van der Waals surface area contributed by atoms with E-state index in [1.807, 2.05) is 23.6 Å². The smallest absolute Gasteiger partial charge is 0.337 e. The molecule has 11 heteroatoms. The molecule has 172 valence electrons. The number of aromatic nitrogens is 3. The predicted octanol–water partition coefficient (Wildman–Crippen LogP) is 3.92. The average Bonchev–Trinajstić information content (AvgIpc) is 3.24. The summed E-state index contributed by atoms with van der Waals surface area (Å²) in [7, 11) is 2.45. The maximum Gasteiger partial charge on any atom is 0.337 e. The number of rotatable bonds is 8. The van der Waals surface area contributed by atoms with Crippen LogP contribution in [-0.2, 0) is 20.8 Å². The van der Waals surface area contributed by atoms with Crippen LogP contribution in [0.15, 0.2) is 47.6 Å². The molecule has 1 heterocycles. The number of carbonyl (C=O) groups is 3. The average molecular weight is 489 g/mol. The number of nitrogens with one attached hydrogen (secondary N) is 1. The van der Waals surface area contributed by atoms with E-state index in [2.05, 4.69) is 15.5 Å². The standard InChI is InChI=1S/C22H21ClN4O5S/c1-4-27-19(13-5-7-16(23)8-6-13)25-26-22(27)33-12-18(28)24-17-10-14(20(29)31-2)9-15(11-17)21(30)32-3/h5-11H,4,12H2,1-3H3,(H,24,28). The normalized spacial score (nSPS) is 10.5. The molecule has 0 bridgehead atoms. The molecule has 0 aliphatic rings. The molecule has 9 nitrogen and oxygen atoms in total. The van der Waals surface area contributed by atoms with E-state index in [9.17, 15) is 14.4 Å². The van der Waals surface area contributed by atoms with E-state index in [4.69, 9.17) is 21.1 Å². The Morgan fingerprint density at radius 3 is 2.15 bits per heavy atom. The van der Waals surface area contributed by atoms with Crippen molar-refractivity contribution in [2.75, 3.05) is 25.3 Å². The molecule has 1 N–H and O–H groups in total. The van der Waals surface area contributed by atoms with E-state index in [-0.39, 0.29) is 28.5 Å². The number of anilines is 1. The van der Waals surface area contributed by atoms with Crippen LogP contribution < -0.4 is 5.32 Å². The maximum absolute atomic E-state index is 12.6. The molecule has 0 atom stereocenters. The SMILES string of the molecule is CCn1c(SCC(=O)Nc2cc(C(=O)OC)cc(C(=O)OC)c2)nnc1-c1ccc(Cl)cc1. The van der Waals surface area contributed by atoms with Gasteiger partial charge in [-0.1, -0.05) is 23.4 Å². The summed E-state index contributed by atoms with van der Waals surface area (Å²) in [6.45, 7) is 2.57. The second kappa shape index (κ2) is 11.0. The number of nitrogens with zero attached hydrogens (tertiary/aromatic N) is 3. The first-order valence-electron chi connectivity index (χ1n) is 9.79. The van der Waals surface area contributed by atoms with Crippen LogP contribution >= 0.6 is 23.4 Å². The van der Waals surface area contributed by atoms with Crippen molar-refractivity contribution in [1.29, 1.82) is 0 Å². The van der Waals surface area contributed by atoms with Gasteiger partial charge in [-0.05, 0) is 49.4 Å². The lowest BCUT2D eigenvalue weighted by Gasteiger charge is -2.10. The lowest BCUT2D eigenvalue weighted by Crippen LogP contribution is -2.16. The molecule has 0 spiro atoms. The summed E-state index contributed by atoms with van der Waals surface area (Å²) in [6, 6.07) is 11.4. The zero-order chi connectivity index (χ0) is 24.0. The lowest BCUT2D eigenvalue weighted by atomic mass is 10.1. The third kappa shape index (κ3) is 5.91. The molecule has 1 amide bonds. The van der Waals surface area contributed by atoms with Gasteiger partial charge >= 0.3 is 11.9 Å². The minimum Gasteiger partial charge on any atom is -0.465 e. The van der Waals surface area contributed by atoms with Gasteiger partial charge in [0.25, 0.3) is 0 Å². The van der Waals surface area contributed by atoms with Crippen molar-refractivity contribution in [2.24, 2.45) is 0 Å². The van der Waals surface area contributed by atoms with Crippen molar-refractivity contribution >= 4 is 46.9 Å². The fraction of sp³-hybridized carbons (Fsp3) is 0.227. The summed E-state index contributed by atoms with van der Waals surface area (Å²) in [6.07, 6.45) is 0. The Morgan fingerprint density at radius 2 is 1.61 bits per heavy atom. The van der Waals surface area contributed by atoms with Crippen molar-refractivity contribution in [2.45, 2.75) is 18.6 Å². The van der Waals surface area contributed by atoms with Gasteiger partial charge in [-0.3, -0.25) is 4.79 Å². The Labute approximate surface area is 199 Å². The van der Waals surface area contributed by atoms with E-state index in [0.717, 1.165) is 5.56 Å². The zero-order valence-electron chi connectivity index (χ0n) is 18.1. The molecule has 0 aliphatic carbocycles. The summed E-state index contributed by atoms with van der Waals surface area (Å²) in [5, 5.41) is 12.3. The molecule has 0 saturated heterocycles. The summed E-state index contributed by atoms with van der Waals surface area (Å²) in [5.41, 5.74) is 1.35. The Kier molecular flexibility index (Phi) is 8.07. The van der Waals surface area contributed by atoms with E-state index in [1.165, 1.54) is 44.2 Å². The molecule has 3 rings (SSSR count). The summed E-state index contributed by atoms with van der Waals surface area (Å²) in [5.74, 6) is -0.927. The maximum atomic E-state index is 12.6. The predicted molar refractivity (Wildman–Crippen MR) is 125 cm³/mol. The zero-order valence-corrected chi connectivity index (χ0v) is 19.7. The van der Waals surface area contributed by atoms with Gasteiger partial charge in [0.05, 0.1) is 31.1 Å². The molecule has 33 heavy (non-hydrogen) atoms. The van der Waals surface area contributed by atoms with Crippen LogP contribution in [0.5, 0.6) is 0 Å². The highest BCUT2D eigenvalue weighted by Crippen LogP contribution is 2.25. The van der Waals surface area contributed by atoms with Gasteiger partial charge in [0, 0.05) is 22.8 Å². The second-order valence-corrected chi connectivity index (χ2v) is 8.06. The van der Waals surface area contributed by atoms with E-state index in [0.29, 0.717) is 22.5 Å². The highest BCUT2D eigenvalue weighted by atomic mass is 35.5. The summed E-state index contributed by atoms with van der Waals surface area (Å²) < 4.78 is 11.3. The highest BCUT2D eigenvalue weighted by molar-refractivity contribution is 7.99. The van der Waals surface area contributed by atoms with Gasteiger partial charge < -0.3 is 19.4 Å². The van der Waals surface area contributed by atoms with E-state index >= 15 is 0 Å². The molecule has 3 aromatic rings. The van der Waals surface area contributed by atoms with Crippen molar-refractivity contribution in [3.05, 3.63) is 58.6 Å². The largest absolute Gasteiger partial charge is 0.465 e. The van der Waals surface area contributed by atoms with Crippen LogP contribution in [0.2, 0.25) is 5.02 Å². The van der Waals surface area contributed by atoms with Crippen molar-refractivity contribution < 1.29 is 23.9 Å². The fourth-order valence-electron chi connectivity index (χ4n) is 2.99. The molecule has 0 saturated carbocycles. The van der Waals surface area contributed by atoms with Crippen LogP contribution in [0, 0.1) is 0 Å². The lowest BCUT2D eigenvalue weighted by molar-refractivity contribution is -0.113. The molecule has 2 aromatic carbocycles. The molecule has 1 aromatic heterocycles. The number of ether oxygens (including phenoxy) is 2. The van der Waals surface area contributed by atoms with Crippen molar-refractivity contribution in [3.8, 4) is 11.4 Å². The first kappa shape index (κ1) is 24.3. The molecular weight excluding hydrogens is 468 g/mol. The highest BCUT2D eigenvalue weighted by Gasteiger charge is 2.17. The Morgan fingerprint density at radius 1 is 1.00 bits per heavy atom. The van der Waals surface area contributed by atoms with Gasteiger partial charge in [-0.15, -0.1) is 10.2 Å². The van der Waals surface area contributed by atoms with Crippen LogP contribution in [-0.4, -0.2) is 52.6 Å². The minimum absolute atomic E-state index is 0.0365. The molecule has 0 radical (unpaired) electrons. The number of thioether (sulfide) groups is 1. The van der Waals surface area contributed by atoms with Gasteiger partial charge in [-0.2, -0.15) is 0 Å². The number of methoxy groups -OCH3 is 2. The van der Waals surface area contributed by atoms with Crippen LogP contribution in [0.25, 0.3) is 11.4 Å². The molecule has 0 aliphatic heterocycles. The fourth-order valence-corrected chi connectivity index (χ4v) is 3.92. The van der Waals surface area contributed by atoms with Crippen molar-refractivity contribution in [1.82, 2.24) is 14.8 Å². The molecular formula is C22H21ClN4O5S. The van der Waals surface area contributed by atoms with Gasteiger partial charge in [-0.25, -0.2) is 9.59 Å². The number of amides is 1. The van der Waals surface area contributed by atoms with Gasteiger partial charge in [0.1, 0.15) is 0 Å². The summed E-state index contributed by atoms with van der Waals surface area (Å²) in [4.78, 5) is 36.4. The van der Waals surface area contributed by atoms with E-state index < -0.39 is 11.9 Å². The Balaban J connectivity index is 1.74. The third-order valence-corrected chi connectivity index (χ3v) is 5.75. The number of halogens is 1. The second-order valence-electron chi connectivity index (χ2n) is 6.68. The van der Waals surface area contributed by atoms with Crippen LogP contribution in [0.3, 0.4) is 0 Å². The summed E-state index contributed by atoms with van der Waals surface area (Å²) >= 11 is 7.17. The van der Waals surface area contributed by atoms with Crippen LogP contribution in [0.1, 0.15) is 27.6 Å². The van der Waals surface area contributed by atoms with Crippen LogP contribution in [0.4, 0.5) is 5.69 Å². The van der Waals surface area contributed by atoms with Gasteiger partial charge in [0.15, 0.2) is 11.0 Å². The number of hydrogen-bond acceptors (Lipinski definition) is 8. The minimum atomic E-state index is -0.642. The molecule has 0 unspecified atom stereocenters. The first-order chi connectivity index (χ1) is 15.9. The first-order valence-corrected chi connectivity index (χ1v) is 11.2. The van der Waals surface area contributed by atoms with Gasteiger partial charge in [0.2, 0.25) is 5.91 Å². The van der Waals surface area contributed by atoms with Crippen molar-refractivity contribution in [3.63, 3.8) is 0 Å². The number of hydrogen-bond donors (Lipinski definition) is 1. The Hall–Kier alpha value is -3.37. The number of carbonyl (C=O) groups excluding carboxylic acids is 3.